The van der Waals surface area contributed by atoms with Crippen LogP contribution >= 0.6 is 0 Å². The summed E-state index contributed by atoms with van der Waals surface area (Å²) in [5.74, 6) is 0.508. The van der Waals surface area contributed by atoms with E-state index in [4.69, 9.17) is 0 Å². The highest BCUT2D eigenvalue weighted by Gasteiger charge is 2.22. The summed E-state index contributed by atoms with van der Waals surface area (Å²) in [6.07, 6.45) is 9.11. The monoisotopic (exact) mass is 220 g/mol. The van der Waals surface area contributed by atoms with E-state index in [0.29, 0.717) is 12.0 Å². The Kier molecular flexibility index (Phi) is 3.42. The van der Waals surface area contributed by atoms with Crippen molar-refractivity contribution in [2.75, 3.05) is 0 Å². The second kappa shape index (κ2) is 4.81. The molecule has 1 fully saturated rings. The molecule has 16 heavy (non-hydrogen) atoms. The number of hydrogen-bond acceptors (Lipinski definition) is 2. The summed E-state index contributed by atoms with van der Waals surface area (Å²) in [7, 11) is 0. The van der Waals surface area contributed by atoms with Gasteiger partial charge in [-0.3, -0.25) is 9.48 Å². The molecule has 0 aliphatic heterocycles. The molecule has 0 unspecified atom stereocenters. The van der Waals surface area contributed by atoms with Crippen LogP contribution in [0.5, 0.6) is 0 Å². The Morgan fingerprint density at radius 3 is 2.62 bits per heavy atom. The third-order valence-corrected chi connectivity index (χ3v) is 3.44. The van der Waals surface area contributed by atoms with Gasteiger partial charge in [0.15, 0.2) is 6.29 Å². The molecule has 0 radical (unpaired) electrons. The van der Waals surface area contributed by atoms with Crippen molar-refractivity contribution < 1.29 is 4.79 Å². The lowest BCUT2D eigenvalue weighted by Crippen LogP contribution is -2.08. The van der Waals surface area contributed by atoms with Crippen LogP contribution in [0.1, 0.15) is 74.0 Å². The van der Waals surface area contributed by atoms with Gasteiger partial charge in [0.1, 0.15) is 0 Å². The molecule has 1 heterocycles. The molecule has 0 amide bonds. The van der Waals surface area contributed by atoms with E-state index >= 15 is 0 Å². The van der Waals surface area contributed by atoms with Crippen LogP contribution in [-0.2, 0) is 0 Å². The molecule has 1 aliphatic carbocycles. The maximum absolute atomic E-state index is 11.1. The largest absolute Gasteiger partial charge is 0.298 e. The van der Waals surface area contributed by atoms with Crippen LogP contribution in [-0.4, -0.2) is 16.1 Å². The fraction of sp³-hybridized carbons (Fsp3) is 0.692. The molecule has 0 atom stereocenters. The summed E-state index contributed by atoms with van der Waals surface area (Å²) in [5, 5.41) is 4.59. The highest BCUT2D eigenvalue weighted by Crippen LogP contribution is 2.33. The van der Waals surface area contributed by atoms with Crippen LogP contribution in [0.25, 0.3) is 0 Å². The molecule has 1 aromatic rings. The third-order valence-electron chi connectivity index (χ3n) is 3.44. The lowest BCUT2D eigenvalue weighted by Gasteiger charge is -2.20. The molecule has 2 rings (SSSR count). The van der Waals surface area contributed by atoms with Gasteiger partial charge in [0.25, 0.3) is 0 Å². The Balaban J connectivity index is 2.26. The number of carbonyl (C=O) groups excluding carboxylic acids is 1. The van der Waals surface area contributed by atoms with Gasteiger partial charge in [0.05, 0.1) is 11.3 Å². The smallest absolute Gasteiger partial charge is 0.153 e. The summed E-state index contributed by atoms with van der Waals surface area (Å²) < 4.78 is 1.91. The van der Waals surface area contributed by atoms with Crippen molar-refractivity contribution in [1.29, 1.82) is 0 Å². The number of nitrogens with zero attached hydrogens (tertiary/aromatic N) is 2. The van der Waals surface area contributed by atoms with Crippen molar-refractivity contribution in [1.82, 2.24) is 9.78 Å². The molecule has 0 N–H and O–H groups in total. The first kappa shape index (κ1) is 11.4. The Bertz CT molecular complexity index is 362. The predicted octanol–water partition coefficient (Wildman–Crippen LogP) is 3.32. The summed E-state index contributed by atoms with van der Waals surface area (Å²) in [6.45, 7) is 4.18. The number of hydrogen-bond donors (Lipinski definition) is 0. The zero-order valence-electron chi connectivity index (χ0n) is 10.1. The number of carbonyl (C=O) groups is 1. The van der Waals surface area contributed by atoms with Gasteiger partial charge in [-0.1, -0.05) is 19.3 Å². The molecule has 3 heteroatoms. The number of aromatic nitrogens is 2. The lowest BCUT2D eigenvalue weighted by atomic mass is 9.86. The molecule has 0 spiro atoms. The van der Waals surface area contributed by atoms with Crippen molar-refractivity contribution in [3.63, 3.8) is 0 Å². The quantitative estimate of drug-likeness (QED) is 0.732. The Morgan fingerprint density at radius 2 is 2.06 bits per heavy atom. The van der Waals surface area contributed by atoms with Crippen molar-refractivity contribution >= 4 is 6.29 Å². The maximum Gasteiger partial charge on any atom is 0.153 e. The van der Waals surface area contributed by atoms with E-state index in [1.807, 2.05) is 10.9 Å². The molecule has 3 nitrogen and oxygen atoms in total. The molecule has 0 aromatic carbocycles. The summed E-state index contributed by atoms with van der Waals surface area (Å²) in [6, 6.07) is 0.330. The summed E-state index contributed by atoms with van der Waals surface area (Å²) >= 11 is 0. The van der Waals surface area contributed by atoms with Gasteiger partial charge in [0, 0.05) is 18.2 Å². The minimum atomic E-state index is 0.330. The number of aldehydes is 1. The van der Waals surface area contributed by atoms with Crippen LogP contribution in [0.15, 0.2) is 6.20 Å². The molecule has 1 saturated carbocycles. The SMILES string of the molecule is CC(C)n1cc(C=O)c(C2CCCCC2)n1. The van der Waals surface area contributed by atoms with E-state index in [1.54, 1.807) is 0 Å². The van der Waals surface area contributed by atoms with Gasteiger partial charge in [0.2, 0.25) is 0 Å². The normalized spacial score (nSPS) is 17.9. The zero-order valence-corrected chi connectivity index (χ0v) is 10.1. The molecule has 1 aromatic heterocycles. The van der Waals surface area contributed by atoms with Gasteiger partial charge < -0.3 is 0 Å². The fourth-order valence-electron chi connectivity index (χ4n) is 2.47. The first-order valence-electron chi connectivity index (χ1n) is 6.26. The van der Waals surface area contributed by atoms with E-state index in [-0.39, 0.29) is 0 Å². The first-order chi connectivity index (χ1) is 7.72. The molecule has 88 valence electrons. The Morgan fingerprint density at radius 1 is 1.38 bits per heavy atom. The van der Waals surface area contributed by atoms with Gasteiger partial charge in [-0.25, -0.2) is 0 Å². The van der Waals surface area contributed by atoms with Crippen molar-refractivity contribution in [2.45, 2.75) is 57.9 Å². The van der Waals surface area contributed by atoms with Gasteiger partial charge in [-0.15, -0.1) is 0 Å². The second-order valence-electron chi connectivity index (χ2n) is 5.00. The zero-order chi connectivity index (χ0) is 11.5. The first-order valence-corrected chi connectivity index (χ1v) is 6.26. The van der Waals surface area contributed by atoms with Crippen LogP contribution < -0.4 is 0 Å². The third kappa shape index (κ3) is 2.18. The highest BCUT2D eigenvalue weighted by atomic mass is 16.1. The van der Waals surface area contributed by atoms with Crippen LogP contribution in [0.4, 0.5) is 0 Å². The standard InChI is InChI=1S/C13H20N2O/c1-10(2)15-8-12(9-16)13(14-15)11-6-4-3-5-7-11/h8-11H,3-7H2,1-2H3. The van der Waals surface area contributed by atoms with Crippen molar-refractivity contribution in [3.8, 4) is 0 Å². The predicted molar refractivity (Wildman–Crippen MR) is 63.8 cm³/mol. The molecule has 0 bridgehead atoms. The fourth-order valence-corrected chi connectivity index (χ4v) is 2.47. The van der Waals surface area contributed by atoms with Crippen LogP contribution in [0.2, 0.25) is 0 Å². The van der Waals surface area contributed by atoms with Crippen molar-refractivity contribution in [3.05, 3.63) is 17.5 Å². The Labute approximate surface area is 96.8 Å². The van der Waals surface area contributed by atoms with Crippen LogP contribution in [0.3, 0.4) is 0 Å². The van der Waals surface area contributed by atoms with Gasteiger partial charge >= 0.3 is 0 Å². The molecular formula is C13H20N2O. The summed E-state index contributed by atoms with van der Waals surface area (Å²) in [5.41, 5.74) is 1.82. The number of rotatable bonds is 3. The maximum atomic E-state index is 11.1. The average molecular weight is 220 g/mol. The van der Waals surface area contributed by atoms with Crippen molar-refractivity contribution in [2.24, 2.45) is 0 Å². The summed E-state index contributed by atoms with van der Waals surface area (Å²) in [4.78, 5) is 11.1. The average Bonchev–Trinajstić information content (AvgIpc) is 2.74. The van der Waals surface area contributed by atoms with E-state index in [9.17, 15) is 4.79 Å². The van der Waals surface area contributed by atoms with Crippen LogP contribution in [0, 0.1) is 0 Å². The molecule has 1 aliphatic rings. The Hall–Kier alpha value is -1.12. The molecular weight excluding hydrogens is 200 g/mol. The van der Waals surface area contributed by atoms with E-state index in [2.05, 4.69) is 18.9 Å². The topological polar surface area (TPSA) is 34.9 Å². The highest BCUT2D eigenvalue weighted by molar-refractivity contribution is 5.76. The van der Waals surface area contributed by atoms with Gasteiger partial charge in [-0.2, -0.15) is 5.10 Å². The van der Waals surface area contributed by atoms with E-state index in [0.717, 1.165) is 17.5 Å². The minimum absolute atomic E-state index is 0.330. The molecule has 0 saturated heterocycles. The van der Waals surface area contributed by atoms with E-state index in [1.165, 1.54) is 32.1 Å². The van der Waals surface area contributed by atoms with Gasteiger partial charge in [-0.05, 0) is 26.7 Å². The minimum Gasteiger partial charge on any atom is -0.298 e. The van der Waals surface area contributed by atoms with E-state index < -0.39 is 0 Å². The lowest BCUT2D eigenvalue weighted by molar-refractivity contribution is 0.112. The second-order valence-corrected chi connectivity index (χ2v) is 5.00.